The number of hydrogen-bond donors (Lipinski definition) is 2. The van der Waals surface area contributed by atoms with Gasteiger partial charge in [0.05, 0.1) is 5.75 Å². The molecule has 0 rings (SSSR count). The molecule has 92 valence electrons. The smallest absolute Gasteiger partial charge is 0.151 e. The Hall–Kier alpha value is -0.130. The van der Waals surface area contributed by atoms with Gasteiger partial charge in [0.2, 0.25) is 0 Å². The molecule has 0 fully saturated rings. The fraction of sp³-hybridized carbons (Fsp3) is 1.00. The Bertz CT molecular complexity index is 260. The average Bonchev–Trinajstić information content (AvgIpc) is 2.13. The molecule has 0 radical (unpaired) electrons. The van der Waals surface area contributed by atoms with E-state index in [0.29, 0.717) is 19.5 Å². The summed E-state index contributed by atoms with van der Waals surface area (Å²) in [5.74, 6) is 0.445. The molecule has 2 N–H and O–H groups in total. The van der Waals surface area contributed by atoms with E-state index in [2.05, 4.69) is 5.32 Å². The largest absolute Gasteiger partial charge is 0.396 e. The molecule has 0 spiro atoms. The Morgan fingerprint density at radius 3 is 2.33 bits per heavy atom. The second-order valence-electron chi connectivity index (χ2n) is 4.65. The molecule has 0 saturated carbocycles. The molecule has 0 atom stereocenters. The highest BCUT2D eigenvalue weighted by atomic mass is 32.2. The van der Waals surface area contributed by atoms with Gasteiger partial charge >= 0.3 is 0 Å². The first-order valence-electron chi connectivity index (χ1n) is 5.35. The van der Waals surface area contributed by atoms with Crippen LogP contribution in [-0.4, -0.2) is 44.7 Å². The normalized spacial score (nSPS) is 13.1. The lowest BCUT2D eigenvalue weighted by Gasteiger charge is -2.21. The maximum absolute atomic E-state index is 11.3. The molecule has 0 aromatic heterocycles. The number of rotatable bonds is 8. The zero-order valence-corrected chi connectivity index (χ0v) is 10.7. The molecule has 4 nitrogen and oxygen atoms in total. The van der Waals surface area contributed by atoms with Gasteiger partial charge in [-0.25, -0.2) is 8.42 Å². The highest BCUT2D eigenvalue weighted by molar-refractivity contribution is 7.91. The third kappa shape index (κ3) is 7.76. The Kier molecular flexibility index (Phi) is 6.40. The van der Waals surface area contributed by atoms with E-state index in [4.69, 9.17) is 5.11 Å². The van der Waals surface area contributed by atoms with Crippen molar-refractivity contribution in [3.8, 4) is 0 Å². The van der Waals surface area contributed by atoms with Crippen LogP contribution in [0.5, 0.6) is 0 Å². The minimum atomic E-state index is -2.88. The lowest BCUT2D eigenvalue weighted by Crippen LogP contribution is -2.35. The van der Waals surface area contributed by atoms with Crippen LogP contribution in [0.4, 0.5) is 0 Å². The standard InChI is InChI=1S/C10H23NO3S/c1-4-6-15(13,14)7-5-11-8-10(2,3)9-12/h11-12H,4-9H2,1-3H3. The number of aliphatic hydroxyl groups is 1. The van der Waals surface area contributed by atoms with Gasteiger partial charge in [0, 0.05) is 30.9 Å². The molecule has 0 amide bonds. The molecule has 0 aliphatic heterocycles. The molecule has 15 heavy (non-hydrogen) atoms. The van der Waals surface area contributed by atoms with Gasteiger partial charge in [0.15, 0.2) is 9.84 Å². The first kappa shape index (κ1) is 14.9. The van der Waals surface area contributed by atoms with Crippen LogP contribution in [0.15, 0.2) is 0 Å². The van der Waals surface area contributed by atoms with Crippen LogP contribution in [0.3, 0.4) is 0 Å². The fourth-order valence-electron chi connectivity index (χ4n) is 1.12. The SMILES string of the molecule is CCCS(=O)(=O)CCNCC(C)(C)CO. The molecule has 0 aromatic rings. The van der Waals surface area contributed by atoms with Gasteiger partial charge in [-0.05, 0) is 6.42 Å². The van der Waals surface area contributed by atoms with Gasteiger partial charge in [-0.1, -0.05) is 20.8 Å². The third-order valence-corrected chi connectivity index (χ3v) is 3.99. The Labute approximate surface area is 93.0 Å². The molecule has 0 aliphatic carbocycles. The first-order valence-corrected chi connectivity index (χ1v) is 7.17. The van der Waals surface area contributed by atoms with Crippen LogP contribution in [0, 0.1) is 5.41 Å². The lowest BCUT2D eigenvalue weighted by atomic mass is 9.95. The van der Waals surface area contributed by atoms with Crippen molar-refractivity contribution in [2.45, 2.75) is 27.2 Å². The van der Waals surface area contributed by atoms with Gasteiger partial charge in [0.25, 0.3) is 0 Å². The quantitative estimate of drug-likeness (QED) is 0.600. The zero-order valence-electron chi connectivity index (χ0n) is 9.91. The predicted octanol–water partition coefficient (Wildman–Crippen LogP) is 0.419. The van der Waals surface area contributed by atoms with E-state index in [0.717, 1.165) is 0 Å². The van der Waals surface area contributed by atoms with Crippen LogP contribution in [-0.2, 0) is 9.84 Å². The monoisotopic (exact) mass is 237 g/mol. The highest BCUT2D eigenvalue weighted by Crippen LogP contribution is 2.10. The summed E-state index contributed by atoms with van der Waals surface area (Å²) in [4.78, 5) is 0. The van der Waals surface area contributed by atoms with Gasteiger partial charge in [-0.3, -0.25) is 0 Å². The number of aliphatic hydroxyl groups excluding tert-OH is 1. The lowest BCUT2D eigenvalue weighted by molar-refractivity contribution is 0.158. The first-order chi connectivity index (χ1) is 6.83. The zero-order chi connectivity index (χ0) is 11.9. The van der Waals surface area contributed by atoms with Gasteiger partial charge in [-0.15, -0.1) is 0 Å². The van der Waals surface area contributed by atoms with E-state index in [1.165, 1.54) is 0 Å². The topological polar surface area (TPSA) is 66.4 Å². The van der Waals surface area contributed by atoms with Crippen molar-refractivity contribution < 1.29 is 13.5 Å². The summed E-state index contributed by atoms with van der Waals surface area (Å²) >= 11 is 0. The molecule has 0 aliphatic rings. The summed E-state index contributed by atoms with van der Waals surface area (Å²) in [5, 5.41) is 12.0. The summed E-state index contributed by atoms with van der Waals surface area (Å²) in [7, 11) is -2.88. The van der Waals surface area contributed by atoms with Crippen molar-refractivity contribution in [2.24, 2.45) is 5.41 Å². The third-order valence-electron chi connectivity index (χ3n) is 2.14. The second-order valence-corrected chi connectivity index (χ2v) is 6.95. The maximum atomic E-state index is 11.3. The van der Waals surface area contributed by atoms with E-state index in [-0.39, 0.29) is 23.5 Å². The van der Waals surface area contributed by atoms with E-state index in [9.17, 15) is 8.42 Å². The van der Waals surface area contributed by atoms with E-state index in [1.807, 2.05) is 20.8 Å². The highest BCUT2D eigenvalue weighted by Gasteiger charge is 2.16. The van der Waals surface area contributed by atoms with Crippen molar-refractivity contribution in [1.29, 1.82) is 0 Å². The molecule has 0 saturated heterocycles. The van der Waals surface area contributed by atoms with Gasteiger partial charge < -0.3 is 10.4 Å². The molecular weight excluding hydrogens is 214 g/mol. The molecular formula is C10H23NO3S. The van der Waals surface area contributed by atoms with Crippen molar-refractivity contribution >= 4 is 9.84 Å². The van der Waals surface area contributed by atoms with E-state index < -0.39 is 9.84 Å². The molecule has 5 heteroatoms. The second kappa shape index (κ2) is 6.45. The molecule has 0 heterocycles. The van der Waals surface area contributed by atoms with Crippen LogP contribution < -0.4 is 5.32 Å². The van der Waals surface area contributed by atoms with Crippen molar-refractivity contribution in [3.63, 3.8) is 0 Å². The molecule has 0 unspecified atom stereocenters. The Morgan fingerprint density at radius 1 is 1.27 bits per heavy atom. The minimum absolute atomic E-state index is 0.0989. The predicted molar refractivity (Wildman–Crippen MR) is 62.7 cm³/mol. The van der Waals surface area contributed by atoms with Gasteiger partial charge in [0.1, 0.15) is 0 Å². The van der Waals surface area contributed by atoms with Crippen molar-refractivity contribution in [2.75, 3.05) is 31.2 Å². The average molecular weight is 237 g/mol. The Balaban J connectivity index is 3.72. The number of sulfone groups is 1. The van der Waals surface area contributed by atoms with E-state index in [1.54, 1.807) is 0 Å². The van der Waals surface area contributed by atoms with Crippen LogP contribution in [0.2, 0.25) is 0 Å². The summed E-state index contributed by atoms with van der Waals surface area (Å²) < 4.78 is 22.7. The van der Waals surface area contributed by atoms with Crippen LogP contribution in [0.25, 0.3) is 0 Å². The van der Waals surface area contributed by atoms with Crippen molar-refractivity contribution in [1.82, 2.24) is 5.32 Å². The number of hydrogen-bond acceptors (Lipinski definition) is 4. The van der Waals surface area contributed by atoms with Crippen molar-refractivity contribution in [3.05, 3.63) is 0 Å². The van der Waals surface area contributed by atoms with Crippen LogP contribution >= 0.6 is 0 Å². The Morgan fingerprint density at radius 2 is 1.87 bits per heavy atom. The summed E-state index contributed by atoms with van der Waals surface area (Å²) in [5.41, 5.74) is -0.186. The van der Waals surface area contributed by atoms with Crippen LogP contribution in [0.1, 0.15) is 27.2 Å². The van der Waals surface area contributed by atoms with E-state index >= 15 is 0 Å². The van der Waals surface area contributed by atoms with Gasteiger partial charge in [-0.2, -0.15) is 0 Å². The minimum Gasteiger partial charge on any atom is -0.396 e. The molecule has 0 aromatic carbocycles. The summed E-state index contributed by atoms with van der Waals surface area (Å²) in [6, 6.07) is 0. The maximum Gasteiger partial charge on any atom is 0.151 e. The fourth-order valence-corrected chi connectivity index (χ4v) is 2.40. The summed E-state index contributed by atoms with van der Waals surface area (Å²) in [6.45, 7) is 6.92. The summed E-state index contributed by atoms with van der Waals surface area (Å²) in [6.07, 6.45) is 0.671. The number of nitrogens with one attached hydrogen (secondary N) is 1. The molecule has 0 bridgehead atoms.